The van der Waals surface area contributed by atoms with Crippen LogP contribution in [-0.4, -0.2) is 4.98 Å². The van der Waals surface area contributed by atoms with Crippen LogP contribution in [-0.2, 0) is 11.8 Å². The Morgan fingerprint density at radius 2 is 1.56 bits per heavy atom. The fraction of sp³-hybridized carbons (Fsp3) is 0.300. The van der Waals surface area contributed by atoms with Crippen LogP contribution in [0.2, 0.25) is 0 Å². The molecule has 162 valence electrons. The van der Waals surface area contributed by atoms with Crippen LogP contribution in [0.15, 0.2) is 66.9 Å². The van der Waals surface area contributed by atoms with Crippen molar-refractivity contribution in [1.82, 2.24) is 4.98 Å². The highest BCUT2D eigenvalue weighted by Gasteiger charge is 2.20. The van der Waals surface area contributed by atoms with Crippen molar-refractivity contribution in [2.45, 2.75) is 53.4 Å². The van der Waals surface area contributed by atoms with Gasteiger partial charge in [-0.1, -0.05) is 71.9 Å². The SMILES string of the molecule is CC(C)(C)Cc1ccc2sc3c(-c4cc(C(C)(C)C)c5ccccc5c4)nccc3c2c1. The molecule has 0 spiro atoms. The summed E-state index contributed by atoms with van der Waals surface area (Å²) in [4.78, 5) is 4.89. The average Bonchev–Trinajstić information content (AvgIpc) is 3.09. The lowest BCUT2D eigenvalue weighted by Crippen LogP contribution is -2.12. The van der Waals surface area contributed by atoms with Gasteiger partial charge in [0, 0.05) is 27.2 Å². The molecule has 0 saturated heterocycles. The van der Waals surface area contributed by atoms with Crippen LogP contribution in [0, 0.1) is 5.41 Å². The summed E-state index contributed by atoms with van der Waals surface area (Å²) in [5.41, 5.74) is 5.42. The van der Waals surface area contributed by atoms with E-state index in [9.17, 15) is 0 Å². The van der Waals surface area contributed by atoms with E-state index in [1.54, 1.807) is 0 Å². The molecule has 2 heteroatoms. The molecule has 5 rings (SSSR count). The molecule has 0 aliphatic carbocycles. The van der Waals surface area contributed by atoms with E-state index in [0.717, 1.165) is 12.1 Å². The van der Waals surface area contributed by atoms with E-state index in [1.807, 2.05) is 17.5 Å². The number of nitrogens with zero attached hydrogens (tertiary/aromatic N) is 1. The third kappa shape index (κ3) is 3.82. The largest absolute Gasteiger partial charge is 0.255 e. The van der Waals surface area contributed by atoms with Gasteiger partial charge in [-0.25, -0.2) is 0 Å². The minimum atomic E-state index is 0.0610. The molecule has 0 amide bonds. The van der Waals surface area contributed by atoms with Gasteiger partial charge in [-0.05, 0) is 69.5 Å². The van der Waals surface area contributed by atoms with Gasteiger partial charge in [0.1, 0.15) is 0 Å². The smallest absolute Gasteiger partial charge is 0.0880 e. The van der Waals surface area contributed by atoms with Crippen molar-refractivity contribution in [3.63, 3.8) is 0 Å². The summed E-state index contributed by atoms with van der Waals surface area (Å²) in [5.74, 6) is 0. The quantitative estimate of drug-likeness (QED) is 0.268. The van der Waals surface area contributed by atoms with E-state index in [-0.39, 0.29) is 10.8 Å². The normalized spacial score (nSPS) is 12.8. The Morgan fingerprint density at radius 3 is 2.31 bits per heavy atom. The third-order valence-electron chi connectivity index (χ3n) is 6.13. The van der Waals surface area contributed by atoms with E-state index >= 15 is 0 Å². The lowest BCUT2D eigenvalue weighted by Gasteiger charge is -2.22. The summed E-state index contributed by atoms with van der Waals surface area (Å²) in [5, 5.41) is 5.28. The highest BCUT2D eigenvalue weighted by Crippen LogP contribution is 2.41. The van der Waals surface area contributed by atoms with E-state index in [1.165, 1.54) is 47.6 Å². The van der Waals surface area contributed by atoms with E-state index < -0.39 is 0 Å². The summed E-state index contributed by atoms with van der Waals surface area (Å²) < 4.78 is 2.62. The Morgan fingerprint density at radius 1 is 0.781 bits per heavy atom. The number of rotatable bonds is 2. The van der Waals surface area contributed by atoms with Crippen LogP contribution < -0.4 is 0 Å². The first kappa shape index (κ1) is 21.2. The molecule has 0 bridgehead atoms. The summed E-state index contributed by atoms with van der Waals surface area (Å²) in [6.45, 7) is 13.8. The zero-order valence-corrected chi connectivity index (χ0v) is 20.7. The van der Waals surface area contributed by atoms with Gasteiger partial charge in [0.25, 0.3) is 0 Å². The lowest BCUT2D eigenvalue weighted by atomic mass is 9.82. The van der Waals surface area contributed by atoms with Gasteiger partial charge >= 0.3 is 0 Å². The van der Waals surface area contributed by atoms with Crippen molar-refractivity contribution in [2.24, 2.45) is 5.41 Å². The molecule has 0 atom stereocenters. The van der Waals surface area contributed by atoms with Crippen molar-refractivity contribution in [2.75, 3.05) is 0 Å². The number of hydrogen-bond donors (Lipinski definition) is 0. The second-order valence-electron chi connectivity index (χ2n) is 11.2. The van der Waals surface area contributed by atoms with Gasteiger partial charge in [-0.15, -0.1) is 11.3 Å². The van der Waals surface area contributed by atoms with Gasteiger partial charge in [0.2, 0.25) is 0 Å². The van der Waals surface area contributed by atoms with Crippen LogP contribution in [0.25, 0.3) is 42.2 Å². The Bertz CT molecular complexity index is 1460. The molecule has 1 nitrogen and oxygen atoms in total. The molecular formula is C30H31NS. The molecule has 0 fully saturated rings. The maximum atomic E-state index is 4.89. The van der Waals surface area contributed by atoms with Gasteiger partial charge in [0.05, 0.1) is 10.4 Å². The number of pyridine rings is 1. The molecule has 0 unspecified atom stereocenters. The van der Waals surface area contributed by atoms with Gasteiger partial charge < -0.3 is 0 Å². The molecule has 3 aromatic carbocycles. The molecule has 0 saturated carbocycles. The van der Waals surface area contributed by atoms with Gasteiger partial charge in [-0.3, -0.25) is 4.98 Å². The van der Waals surface area contributed by atoms with Crippen molar-refractivity contribution < 1.29 is 0 Å². The monoisotopic (exact) mass is 437 g/mol. The predicted molar refractivity (Wildman–Crippen MR) is 142 cm³/mol. The van der Waals surface area contributed by atoms with Crippen molar-refractivity contribution >= 4 is 42.3 Å². The van der Waals surface area contributed by atoms with Gasteiger partial charge in [0.15, 0.2) is 0 Å². The number of thiophene rings is 1. The summed E-state index contributed by atoms with van der Waals surface area (Å²) in [6.07, 6.45) is 3.06. The fourth-order valence-electron chi connectivity index (χ4n) is 4.75. The van der Waals surface area contributed by atoms with Crippen LogP contribution in [0.1, 0.15) is 52.7 Å². The number of hydrogen-bond acceptors (Lipinski definition) is 2. The minimum Gasteiger partial charge on any atom is -0.255 e. The Labute approximate surface area is 195 Å². The number of benzene rings is 3. The zero-order chi connectivity index (χ0) is 22.7. The first-order chi connectivity index (χ1) is 15.1. The molecule has 2 heterocycles. The molecule has 0 radical (unpaired) electrons. The summed E-state index contributed by atoms with van der Waals surface area (Å²) in [7, 11) is 0. The number of aromatic nitrogens is 1. The molecule has 0 aliphatic heterocycles. The van der Waals surface area contributed by atoms with Gasteiger partial charge in [-0.2, -0.15) is 0 Å². The highest BCUT2D eigenvalue weighted by molar-refractivity contribution is 7.26. The third-order valence-corrected chi connectivity index (χ3v) is 7.32. The molecule has 5 aromatic rings. The fourth-order valence-corrected chi connectivity index (χ4v) is 5.94. The number of fused-ring (bicyclic) bond motifs is 4. The Balaban J connectivity index is 1.75. The standard InChI is InChI=1S/C30H31NS/c1-29(2,3)18-19-11-12-26-24(15-19)23-13-14-31-27(28(23)32-26)21-16-20-9-7-8-10-22(20)25(17-21)30(4,5)6/h7-17H,18H2,1-6H3. The van der Waals surface area contributed by atoms with Crippen LogP contribution in [0.4, 0.5) is 0 Å². The second kappa shape index (κ2) is 7.42. The maximum Gasteiger partial charge on any atom is 0.0880 e. The predicted octanol–water partition coefficient (Wildman–Crippen LogP) is 9.16. The van der Waals surface area contributed by atoms with Crippen LogP contribution >= 0.6 is 11.3 Å². The average molecular weight is 438 g/mol. The van der Waals surface area contributed by atoms with E-state index in [0.29, 0.717) is 0 Å². The van der Waals surface area contributed by atoms with Crippen molar-refractivity contribution in [3.8, 4) is 11.3 Å². The Hall–Kier alpha value is -2.71. The van der Waals surface area contributed by atoms with Crippen LogP contribution in [0.3, 0.4) is 0 Å². The molecule has 0 N–H and O–H groups in total. The Kier molecular flexibility index (Phi) is 4.90. The lowest BCUT2D eigenvalue weighted by molar-refractivity contribution is 0.411. The topological polar surface area (TPSA) is 12.9 Å². The molecule has 2 aromatic heterocycles. The maximum absolute atomic E-state index is 4.89. The summed E-state index contributed by atoms with van der Waals surface area (Å²) in [6, 6.07) is 22.6. The summed E-state index contributed by atoms with van der Waals surface area (Å²) >= 11 is 1.87. The van der Waals surface area contributed by atoms with Crippen LogP contribution in [0.5, 0.6) is 0 Å². The molecule has 0 aliphatic rings. The second-order valence-corrected chi connectivity index (χ2v) is 12.3. The minimum absolute atomic E-state index is 0.0610. The zero-order valence-electron chi connectivity index (χ0n) is 19.9. The van der Waals surface area contributed by atoms with Crippen molar-refractivity contribution in [3.05, 3.63) is 78.0 Å². The first-order valence-electron chi connectivity index (χ1n) is 11.4. The molecular weight excluding hydrogens is 406 g/mol. The highest BCUT2D eigenvalue weighted by atomic mass is 32.1. The first-order valence-corrected chi connectivity index (χ1v) is 12.3. The molecule has 32 heavy (non-hydrogen) atoms. The van der Waals surface area contributed by atoms with E-state index in [4.69, 9.17) is 4.98 Å². The van der Waals surface area contributed by atoms with E-state index in [2.05, 4.69) is 102 Å². The van der Waals surface area contributed by atoms with Crippen molar-refractivity contribution in [1.29, 1.82) is 0 Å².